The zero-order valence-corrected chi connectivity index (χ0v) is 16.4. The minimum Gasteiger partial charge on any atom is -0.383 e. The molecule has 5 heteroatoms. The van der Waals surface area contributed by atoms with Crippen molar-refractivity contribution in [3.63, 3.8) is 0 Å². The van der Waals surface area contributed by atoms with Gasteiger partial charge in [0.2, 0.25) is 0 Å². The Morgan fingerprint density at radius 1 is 1.15 bits per heavy atom. The van der Waals surface area contributed by atoms with Crippen molar-refractivity contribution in [1.29, 1.82) is 0 Å². The van der Waals surface area contributed by atoms with Gasteiger partial charge in [-0.3, -0.25) is 4.99 Å². The summed E-state index contributed by atoms with van der Waals surface area (Å²) >= 11 is 0. The normalized spacial score (nSPS) is 22.8. The van der Waals surface area contributed by atoms with Gasteiger partial charge >= 0.3 is 0 Å². The molecule has 1 N–H and O–H groups in total. The average molecular weight is 359 g/mol. The maximum Gasteiger partial charge on any atom is 0.193 e. The highest BCUT2D eigenvalue weighted by atomic mass is 16.5. The van der Waals surface area contributed by atoms with Crippen molar-refractivity contribution in [2.45, 2.75) is 25.2 Å². The fourth-order valence-electron chi connectivity index (χ4n) is 4.15. The van der Waals surface area contributed by atoms with Crippen molar-refractivity contribution >= 4 is 5.96 Å². The van der Waals surface area contributed by atoms with E-state index in [-0.39, 0.29) is 0 Å². The van der Waals surface area contributed by atoms with Crippen molar-refractivity contribution in [3.8, 4) is 0 Å². The zero-order valence-electron chi connectivity index (χ0n) is 16.4. The summed E-state index contributed by atoms with van der Waals surface area (Å²) in [5, 5.41) is 3.64. The van der Waals surface area contributed by atoms with E-state index in [4.69, 9.17) is 4.74 Å². The lowest BCUT2D eigenvalue weighted by Crippen LogP contribution is -2.44. The lowest BCUT2D eigenvalue weighted by Gasteiger charge is -2.32. The minimum atomic E-state index is 0.624. The van der Waals surface area contributed by atoms with Gasteiger partial charge in [0, 0.05) is 46.3 Å². The van der Waals surface area contributed by atoms with Gasteiger partial charge in [0.05, 0.1) is 6.61 Å². The van der Waals surface area contributed by atoms with Crippen LogP contribution in [-0.4, -0.2) is 75.8 Å². The second-order valence-electron chi connectivity index (χ2n) is 7.55. The number of hydrogen-bond donors (Lipinski definition) is 1. The minimum absolute atomic E-state index is 0.624. The second-order valence-corrected chi connectivity index (χ2v) is 7.55. The van der Waals surface area contributed by atoms with Gasteiger partial charge in [-0.25, -0.2) is 0 Å². The van der Waals surface area contributed by atoms with E-state index in [1.165, 1.54) is 37.9 Å². The standard InChI is InChI=1S/C21H34N4O/c1-22-21(23-16-18-8-11-24(12-9-18)14-15-26-2)25-13-10-20(17-25)19-6-4-3-5-7-19/h3-7,18,20H,8-17H2,1-2H3,(H,22,23). The van der Waals surface area contributed by atoms with Crippen LogP contribution in [0.2, 0.25) is 0 Å². The van der Waals surface area contributed by atoms with Gasteiger partial charge in [-0.2, -0.15) is 0 Å². The number of nitrogens with one attached hydrogen (secondary N) is 1. The molecule has 2 saturated heterocycles. The van der Waals surface area contributed by atoms with E-state index in [9.17, 15) is 0 Å². The average Bonchev–Trinajstić information content (AvgIpc) is 3.18. The highest BCUT2D eigenvalue weighted by molar-refractivity contribution is 5.80. The summed E-state index contributed by atoms with van der Waals surface area (Å²) < 4.78 is 5.19. The predicted molar refractivity (Wildman–Crippen MR) is 108 cm³/mol. The van der Waals surface area contributed by atoms with E-state index in [0.717, 1.165) is 44.7 Å². The number of ether oxygens (including phenoxy) is 1. The number of methoxy groups -OCH3 is 1. The monoisotopic (exact) mass is 358 g/mol. The first kappa shape index (κ1) is 19.2. The maximum absolute atomic E-state index is 5.19. The van der Waals surface area contributed by atoms with Crippen molar-refractivity contribution < 1.29 is 4.74 Å². The van der Waals surface area contributed by atoms with Crippen LogP contribution in [0, 0.1) is 5.92 Å². The Hall–Kier alpha value is -1.59. The summed E-state index contributed by atoms with van der Waals surface area (Å²) in [7, 11) is 3.69. The molecule has 0 bridgehead atoms. The molecule has 0 radical (unpaired) electrons. The first-order valence-electron chi connectivity index (χ1n) is 10.0. The SMILES string of the molecule is CN=C(NCC1CCN(CCOC)CC1)N1CCC(c2ccccc2)C1. The summed E-state index contributed by atoms with van der Waals surface area (Å²) in [6, 6.07) is 10.9. The molecule has 0 aromatic heterocycles. The number of nitrogens with zero attached hydrogens (tertiary/aromatic N) is 3. The first-order chi connectivity index (χ1) is 12.8. The van der Waals surface area contributed by atoms with Gasteiger partial charge in [0.25, 0.3) is 0 Å². The van der Waals surface area contributed by atoms with Crippen molar-refractivity contribution in [2.75, 3.05) is 60.0 Å². The number of rotatable bonds is 6. The second kappa shape index (κ2) is 9.93. The molecule has 2 aliphatic heterocycles. The zero-order chi connectivity index (χ0) is 18.2. The third kappa shape index (κ3) is 5.21. The van der Waals surface area contributed by atoms with Crippen LogP contribution in [-0.2, 0) is 4.74 Å². The molecule has 3 rings (SSSR count). The Bertz CT molecular complexity index is 554. The number of guanidine groups is 1. The van der Waals surface area contributed by atoms with Crippen LogP contribution in [0.5, 0.6) is 0 Å². The van der Waals surface area contributed by atoms with Crippen LogP contribution < -0.4 is 5.32 Å². The highest BCUT2D eigenvalue weighted by Gasteiger charge is 2.26. The topological polar surface area (TPSA) is 40.1 Å². The molecule has 1 aromatic carbocycles. The summed E-state index contributed by atoms with van der Waals surface area (Å²) in [4.78, 5) is 9.48. The first-order valence-corrected chi connectivity index (χ1v) is 10.0. The molecular weight excluding hydrogens is 324 g/mol. The maximum atomic E-state index is 5.19. The van der Waals surface area contributed by atoms with Gasteiger partial charge < -0.3 is 19.9 Å². The molecule has 2 fully saturated rings. The van der Waals surface area contributed by atoms with Crippen LogP contribution in [0.15, 0.2) is 35.3 Å². The summed E-state index contributed by atoms with van der Waals surface area (Å²) in [6.07, 6.45) is 3.74. The molecule has 1 unspecified atom stereocenters. The van der Waals surface area contributed by atoms with Gasteiger partial charge in [0.15, 0.2) is 5.96 Å². The fraction of sp³-hybridized carbons (Fsp3) is 0.667. The van der Waals surface area contributed by atoms with Gasteiger partial charge in [-0.1, -0.05) is 30.3 Å². The van der Waals surface area contributed by atoms with E-state index < -0.39 is 0 Å². The van der Waals surface area contributed by atoms with Crippen molar-refractivity contribution in [3.05, 3.63) is 35.9 Å². The van der Waals surface area contributed by atoms with Crippen LogP contribution in [0.4, 0.5) is 0 Å². The fourth-order valence-corrected chi connectivity index (χ4v) is 4.15. The molecule has 0 spiro atoms. The molecule has 144 valence electrons. The van der Waals surface area contributed by atoms with Crippen LogP contribution in [0.1, 0.15) is 30.7 Å². The number of likely N-dealkylation sites (tertiary alicyclic amines) is 2. The van der Waals surface area contributed by atoms with Crippen molar-refractivity contribution in [2.24, 2.45) is 10.9 Å². The lowest BCUT2D eigenvalue weighted by molar-refractivity contribution is 0.120. The number of benzene rings is 1. The molecule has 2 aliphatic rings. The Kier molecular flexibility index (Phi) is 7.32. The molecule has 2 heterocycles. The predicted octanol–water partition coefficient (Wildman–Crippen LogP) is 2.41. The summed E-state index contributed by atoms with van der Waals surface area (Å²) in [5.74, 6) is 2.45. The Morgan fingerprint density at radius 3 is 2.62 bits per heavy atom. The molecule has 0 amide bonds. The van der Waals surface area contributed by atoms with E-state index >= 15 is 0 Å². The van der Waals surface area contributed by atoms with Crippen LogP contribution >= 0.6 is 0 Å². The smallest absolute Gasteiger partial charge is 0.193 e. The number of hydrogen-bond acceptors (Lipinski definition) is 3. The molecule has 0 saturated carbocycles. The Labute approximate surface area is 158 Å². The molecular formula is C21H34N4O. The molecule has 0 aliphatic carbocycles. The molecule has 26 heavy (non-hydrogen) atoms. The Balaban J connectivity index is 1.42. The van der Waals surface area contributed by atoms with E-state index in [0.29, 0.717) is 5.92 Å². The molecule has 1 atom stereocenters. The van der Waals surface area contributed by atoms with E-state index in [2.05, 4.69) is 50.4 Å². The van der Waals surface area contributed by atoms with Crippen LogP contribution in [0.25, 0.3) is 0 Å². The van der Waals surface area contributed by atoms with E-state index in [1.54, 1.807) is 7.11 Å². The van der Waals surface area contributed by atoms with E-state index in [1.807, 2.05) is 7.05 Å². The lowest BCUT2D eigenvalue weighted by atomic mass is 9.97. The molecule has 5 nitrogen and oxygen atoms in total. The van der Waals surface area contributed by atoms with Gasteiger partial charge in [0.1, 0.15) is 0 Å². The highest BCUT2D eigenvalue weighted by Crippen LogP contribution is 2.27. The van der Waals surface area contributed by atoms with Gasteiger partial charge in [-0.05, 0) is 43.8 Å². The largest absolute Gasteiger partial charge is 0.383 e. The third-order valence-corrected chi connectivity index (χ3v) is 5.84. The summed E-state index contributed by atoms with van der Waals surface area (Å²) in [6.45, 7) is 7.48. The van der Waals surface area contributed by atoms with Gasteiger partial charge in [-0.15, -0.1) is 0 Å². The quantitative estimate of drug-likeness (QED) is 0.626. The van der Waals surface area contributed by atoms with Crippen molar-refractivity contribution in [1.82, 2.24) is 15.1 Å². The number of piperidine rings is 1. The number of aliphatic imine (C=N–C) groups is 1. The third-order valence-electron chi connectivity index (χ3n) is 5.84. The Morgan fingerprint density at radius 2 is 1.92 bits per heavy atom. The summed E-state index contributed by atoms with van der Waals surface area (Å²) in [5.41, 5.74) is 1.45. The van der Waals surface area contributed by atoms with Crippen LogP contribution in [0.3, 0.4) is 0 Å². The molecule has 1 aromatic rings.